The molecule has 1 atom stereocenters. The third-order valence-electron chi connectivity index (χ3n) is 2.63. The second-order valence-corrected chi connectivity index (χ2v) is 6.26. The third kappa shape index (κ3) is 2.85. The van der Waals surface area contributed by atoms with Crippen LogP contribution in [0.5, 0.6) is 11.5 Å². The molecule has 5 heteroatoms. The normalized spacial score (nSPS) is 12.2. The average Bonchev–Trinajstić information content (AvgIpc) is 2.83. The summed E-state index contributed by atoms with van der Waals surface area (Å²) in [6, 6.07) is 9.54. The van der Waals surface area contributed by atoms with Crippen LogP contribution in [0.25, 0.3) is 0 Å². The van der Waals surface area contributed by atoms with E-state index >= 15 is 0 Å². The quantitative estimate of drug-likeness (QED) is 0.933. The van der Waals surface area contributed by atoms with Crippen LogP contribution in [0, 0.1) is 0 Å². The van der Waals surface area contributed by atoms with Crippen molar-refractivity contribution in [2.45, 2.75) is 6.04 Å². The van der Waals surface area contributed by atoms with E-state index in [0.29, 0.717) is 0 Å². The van der Waals surface area contributed by atoms with Crippen molar-refractivity contribution in [1.29, 1.82) is 0 Å². The Balaban J connectivity index is 2.37. The van der Waals surface area contributed by atoms with Crippen LogP contribution in [-0.4, -0.2) is 14.2 Å². The van der Waals surface area contributed by atoms with Crippen molar-refractivity contribution in [2.24, 2.45) is 5.73 Å². The Labute approximate surface area is 119 Å². The second-order valence-electron chi connectivity index (χ2n) is 3.77. The fourth-order valence-electron chi connectivity index (χ4n) is 1.67. The van der Waals surface area contributed by atoms with E-state index in [1.807, 2.05) is 30.3 Å². The monoisotopic (exact) mass is 327 g/mol. The second kappa shape index (κ2) is 5.73. The highest BCUT2D eigenvalue weighted by Gasteiger charge is 2.13. The van der Waals surface area contributed by atoms with Crippen LogP contribution < -0.4 is 15.2 Å². The summed E-state index contributed by atoms with van der Waals surface area (Å²) in [5.74, 6) is 1.49. The van der Waals surface area contributed by atoms with E-state index in [9.17, 15) is 0 Å². The Morgan fingerprint density at radius 2 is 1.72 bits per heavy atom. The van der Waals surface area contributed by atoms with Crippen LogP contribution in [0.4, 0.5) is 0 Å². The molecule has 1 aromatic heterocycles. The van der Waals surface area contributed by atoms with Gasteiger partial charge in [-0.3, -0.25) is 0 Å². The number of nitrogens with two attached hydrogens (primary N) is 1. The Hall–Kier alpha value is -1.04. The number of rotatable bonds is 4. The number of ether oxygens (including phenoxy) is 2. The minimum absolute atomic E-state index is 0.176. The molecular formula is C13H14BrNO2S. The van der Waals surface area contributed by atoms with Crippen molar-refractivity contribution >= 4 is 27.3 Å². The lowest BCUT2D eigenvalue weighted by Gasteiger charge is -2.13. The van der Waals surface area contributed by atoms with Gasteiger partial charge in [0.25, 0.3) is 0 Å². The summed E-state index contributed by atoms with van der Waals surface area (Å²) in [5.41, 5.74) is 7.23. The molecule has 2 aromatic rings. The van der Waals surface area contributed by atoms with Crippen molar-refractivity contribution in [2.75, 3.05) is 14.2 Å². The van der Waals surface area contributed by atoms with Gasteiger partial charge in [-0.25, -0.2) is 0 Å². The van der Waals surface area contributed by atoms with Crippen LogP contribution in [0.15, 0.2) is 34.1 Å². The molecule has 0 saturated heterocycles. The lowest BCUT2D eigenvalue weighted by Crippen LogP contribution is -2.10. The Morgan fingerprint density at radius 1 is 1.11 bits per heavy atom. The van der Waals surface area contributed by atoms with E-state index in [4.69, 9.17) is 15.2 Å². The van der Waals surface area contributed by atoms with Gasteiger partial charge in [0, 0.05) is 10.9 Å². The molecule has 2 N–H and O–H groups in total. The van der Waals surface area contributed by atoms with Gasteiger partial charge < -0.3 is 15.2 Å². The molecule has 0 aliphatic rings. The maximum atomic E-state index is 6.26. The molecule has 1 aromatic carbocycles. The topological polar surface area (TPSA) is 44.5 Å². The van der Waals surface area contributed by atoms with Gasteiger partial charge in [-0.15, -0.1) is 11.3 Å². The van der Waals surface area contributed by atoms with Crippen molar-refractivity contribution in [3.8, 4) is 11.5 Å². The molecule has 0 aliphatic heterocycles. The molecule has 0 spiro atoms. The fourth-order valence-corrected chi connectivity index (χ4v) is 3.12. The molecule has 0 fully saturated rings. The van der Waals surface area contributed by atoms with E-state index in [2.05, 4.69) is 15.9 Å². The molecule has 96 valence electrons. The standard InChI is InChI=1S/C13H14BrNO2S/c1-16-9-5-8(6-10(7-9)17-2)13(15)11-3-4-12(14)18-11/h3-7,13H,15H2,1-2H3. The molecule has 0 bridgehead atoms. The van der Waals surface area contributed by atoms with Gasteiger partial charge in [0.1, 0.15) is 11.5 Å². The first kappa shape index (κ1) is 13.4. The zero-order valence-corrected chi connectivity index (χ0v) is 12.5. The van der Waals surface area contributed by atoms with Crippen molar-refractivity contribution < 1.29 is 9.47 Å². The van der Waals surface area contributed by atoms with Gasteiger partial charge in [0.05, 0.1) is 24.0 Å². The van der Waals surface area contributed by atoms with Crippen LogP contribution in [0.3, 0.4) is 0 Å². The summed E-state index contributed by atoms with van der Waals surface area (Å²) in [6.07, 6.45) is 0. The molecule has 2 rings (SSSR count). The van der Waals surface area contributed by atoms with Gasteiger partial charge in [-0.1, -0.05) is 0 Å². The number of thiophene rings is 1. The van der Waals surface area contributed by atoms with E-state index in [0.717, 1.165) is 25.7 Å². The van der Waals surface area contributed by atoms with Crippen molar-refractivity contribution in [1.82, 2.24) is 0 Å². The Bertz CT molecular complexity index is 519. The molecule has 0 saturated carbocycles. The summed E-state index contributed by atoms with van der Waals surface area (Å²) in [7, 11) is 3.26. The summed E-state index contributed by atoms with van der Waals surface area (Å²) >= 11 is 5.07. The van der Waals surface area contributed by atoms with E-state index in [-0.39, 0.29) is 6.04 Å². The Kier molecular flexibility index (Phi) is 4.27. The summed E-state index contributed by atoms with van der Waals surface area (Å²) in [6.45, 7) is 0. The number of halogens is 1. The Morgan fingerprint density at radius 3 is 2.17 bits per heavy atom. The van der Waals surface area contributed by atoms with Crippen molar-refractivity contribution in [3.05, 3.63) is 44.6 Å². The molecule has 3 nitrogen and oxygen atoms in total. The van der Waals surface area contributed by atoms with Gasteiger partial charge in [-0.2, -0.15) is 0 Å². The first-order chi connectivity index (χ1) is 8.63. The van der Waals surface area contributed by atoms with Gasteiger partial charge in [0.2, 0.25) is 0 Å². The van der Waals surface area contributed by atoms with E-state index in [1.165, 1.54) is 0 Å². The highest BCUT2D eigenvalue weighted by atomic mass is 79.9. The number of benzene rings is 1. The first-order valence-electron chi connectivity index (χ1n) is 5.38. The molecule has 0 aliphatic carbocycles. The maximum Gasteiger partial charge on any atom is 0.122 e. The average molecular weight is 328 g/mol. The lowest BCUT2D eigenvalue weighted by molar-refractivity contribution is 0.393. The van der Waals surface area contributed by atoms with E-state index < -0.39 is 0 Å². The smallest absolute Gasteiger partial charge is 0.122 e. The predicted octanol–water partition coefficient (Wildman–Crippen LogP) is 3.58. The van der Waals surface area contributed by atoms with Crippen molar-refractivity contribution in [3.63, 3.8) is 0 Å². The van der Waals surface area contributed by atoms with Gasteiger partial charge in [0.15, 0.2) is 0 Å². The van der Waals surface area contributed by atoms with Crippen LogP contribution in [-0.2, 0) is 0 Å². The summed E-state index contributed by atoms with van der Waals surface area (Å²) < 4.78 is 11.6. The number of hydrogen-bond donors (Lipinski definition) is 1. The highest BCUT2D eigenvalue weighted by Crippen LogP contribution is 2.33. The first-order valence-corrected chi connectivity index (χ1v) is 6.98. The molecule has 18 heavy (non-hydrogen) atoms. The largest absolute Gasteiger partial charge is 0.497 e. The molecule has 1 unspecified atom stereocenters. The minimum atomic E-state index is -0.176. The maximum absolute atomic E-state index is 6.26. The summed E-state index contributed by atoms with van der Waals surface area (Å²) in [4.78, 5) is 1.09. The fraction of sp³-hybridized carbons (Fsp3) is 0.231. The summed E-state index contributed by atoms with van der Waals surface area (Å²) in [5, 5.41) is 0. The number of methoxy groups -OCH3 is 2. The number of hydrogen-bond acceptors (Lipinski definition) is 4. The third-order valence-corrected chi connectivity index (χ3v) is 4.34. The lowest BCUT2D eigenvalue weighted by atomic mass is 10.1. The molecule has 0 amide bonds. The molecule has 1 heterocycles. The molecular weight excluding hydrogens is 314 g/mol. The van der Waals surface area contributed by atoms with Gasteiger partial charge in [-0.05, 0) is 45.8 Å². The SMILES string of the molecule is COc1cc(OC)cc(C(N)c2ccc(Br)s2)c1. The highest BCUT2D eigenvalue weighted by molar-refractivity contribution is 9.11. The minimum Gasteiger partial charge on any atom is -0.497 e. The van der Waals surface area contributed by atoms with E-state index in [1.54, 1.807) is 25.6 Å². The predicted molar refractivity (Wildman–Crippen MR) is 77.6 cm³/mol. The van der Waals surface area contributed by atoms with Crippen LogP contribution >= 0.6 is 27.3 Å². The van der Waals surface area contributed by atoms with Crippen LogP contribution in [0.1, 0.15) is 16.5 Å². The zero-order chi connectivity index (χ0) is 13.1. The molecule has 0 radical (unpaired) electrons. The van der Waals surface area contributed by atoms with Crippen LogP contribution in [0.2, 0.25) is 0 Å². The zero-order valence-electron chi connectivity index (χ0n) is 10.1. The van der Waals surface area contributed by atoms with Gasteiger partial charge >= 0.3 is 0 Å².